The van der Waals surface area contributed by atoms with Gasteiger partial charge in [0.15, 0.2) is 0 Å². The molecule has 3 atom stereocenters. The summed E-state index contributed by atoms with van der Waals surface area (Å²) in [6, 6.07) is 16.7. The number of unbranched alkanes of at least 4 members (excludes halogenated alkanes) is 1. The number of urea groups is 1. The van der Waals surface area contributed by atoms with Crippen molar-refractivity contribution in [3.05, 3.63) is 93.0 Å². The van der Waals surface area contributed by atoms with Crippen LogP contribution >= 0.6 is 11.8 Å². The standard InChI is InChI=1S/C41H55N6O5S.Co/c1-40(2,3)28-13-9-11-26(36(28)49)22-44-30-18-17-25(21-31(30)45-23-27-12-10-14-29(37(27)50)41(4,5)6)38(51)43-20-19-42-34(48)16-8-7-15-33-35-32(24-53-33)46-39(52)47-35;/h9-14,17-18,21,32-33,35H,7-8,15-16,19-20,22-24H2,1-6H3,(H7,42,43,44,46,47,48,49,50,51,52);/q-1;+2/p-1/t32-,33-,35-;/m0./s1. The summed E-state index contributed by atoms with van der Waals surface area (Å²) >= 11 is 1.87. The Morgan fingerprint density at radius 2 is 1.41 bits per heavy atom. The van der Waals surface area contributed by atoms with E-state index in [-0.39, 0.29) is 88.7 Å². The topological polar surface area (TPSA) is 168 Å². The summed E-state index contributed by atoms with van der Waals surface area (Å²) in [5.74, 6) is 0.969. The van der Waals surface area contributed by atoms with E-state index in [1.54, 1.807) is 18.2 Å². The molecule has 0 aliphatic carbocycles. The van der Waals surface area contributed by atoms with Crippen LogP contribution < -0.4 is 21.3 Å². The molecule has 2 aliphatic rings. The number of carbonyl (C=O) groups excluding carboxylic acids is 3. The fourth-order valence-electron chi connectivity index (χ4n) is 6.76. The van der Waals surface area contributed by atoms with Gasteiger partial charge in [-0.3, -0.25) is 9.59 Å². The van der Waals surface area contributed by atoms with Crippen LogP contribution in [0.2, 0.25) is 0 Å². The van der Waals surface area contributed by atoms with E-state index in [0.29, 0.717) is 46.3 Å². The Bertz CT molecular complexity index is 1790. The zero-order chi connectivity index (χ0) is 38.3. The van der Waals surface area contributed by atoms with Crippen LogP contribution in [0.15, 0.2) is 54.6 Å². The normalized spacial score (nSPS) is 17.8. The van der Waals surface area contributed by atoms with Gasteiger partial charge in [-0.2, -0.15) is 23.1 Å². The van der Waals surface area contributed by atoms with E-state index in [1.165, 1.54) is 0 Å². The molecule has 3 aromatic carbocycles. The molecule has 2 heterocycles. The third-order valence-corrected chi connectivity index (χ3v) is 11.3. The first kappa shape index (κ1) is 42.7. The molecular formula is C41H54CoN6O5S. The number of aromatic hydroxyl groups is 2. The number of phenols is 2. The Balaban J connectivity index is 0.00000650. The number of nitrogens with one attached hydrogen (secondary N) is 4. The molecule has 3 aromatic rings. The molecule has 2 aliphatic heterocycles. The van der Waals surface area contributed by atoms with Gasteiger partial charge in [0.2, 0.25) is 5.91 Å². The van der Waals surface area contributed by atoms with Crippen LogP contribution in [0.1, 0.15) is 99.8 Å². The van der Waals surface area contributed by atoms with Crippen molar-refractivity contribution in [1.82, 2.24) is 21.3 Å². The molecule has 0 unspecified atom stereocenters. The van der Waals surface area contributed by atoms with Crippen LogP contribution in [0, 0.1) is 0 Å². The maximum absolute atomic E-state index is 13.2. The number of fused-ring (bicyclic) bond motifs is 1. The zero-order valence-corrected chi connectivity index (χ0v) is 33.9. The zero-order valence-electron chi connectivity index (χ0n) is 32.0. The van der Waals surface area contributed by atoms with Crippen LogP contribution in [0.3, 0.4) is 0 Å². The van der Waals surface area contributed by atoms with E-state index in [0.717, 1.165) is 36.1 Å². The predicted molar refractivity (Wildman–Crippen MR) is 213 cm³/mol. The van der Waals surface area contributed by atoms with Crippen LogP contribution in [-0.4, -0.2) is 64.2 Å². The average Bonchev–Trinajstić information content (AvgIpc) is 3.65. The molecule has 2 fully saturated rings. The van der Waals surface area contributed by atoms with Crippen molar-refractivity contribution in [2.45, 2.75) is 108 Å². The predicted octanol–water partition coefficient (Wildman–Crippen LogP) is 7.67. The quantitative estimate of drug-likeness (QED) is 0.0681. The van der Waals surface area contributed by atoms with Crippen molar-refractivity contribution in [2.75, 3.05) is 18.8 Å². The summed E-state index contributed by atoms with van der Waals surface area (Å²) in [4.78, 5) is 37.3. The molecule has 0 spiro atoms. The number of nitrogens with zero attached hydrogens (tertiary/aromatic N) is 2. The van der Waals surface area contributed by atoms with Gasteiger partial charge >= 0.3 is 22.8 Å². The molecule has 4 amide bonds. The molecule has 0 bridgehead atoms. The van der Waals surface area contributed by atoms with Crippen LogP contribution in [0.5, 0.6) is 11.5 Å². The fraction of sp³-hybridized carbons (Fsp3) is 0.488. The Morgan fingerprint density at radius 3 is 2.02 bits per heavy atom. The van der Waals surface area contributed by atoms with E-state index in [9.17, 15) is 24.6 Å². The third-order valence-electron chi connectivity index (χ3n) is 9.75. The van der Waals surface area contributed by atoms with E-state index >= 15 is 0 Å². The van der Waals surface area contributed by atoms with E-state index in [4.69, 9.17) is 10.6 Å². The Labute approximate surface area is 334 Å². The molecule has 2 saturated heterocycles. The monoisotopic (exact) mass is 801 g/mol. The number of amides is 4. The molecule has 293 valence electrons. The van der Waals surface area contributed by atoms with Gasteiger partial charge < -0.3 is 42.1 Å². The van der Waals surface area contributed by atoms with Gasteiger partial charge in [-0.1, -0.05) is 103 Å². The fourth-order valence-corrected chi connectivity index (χ4v) is 8.30. The molecule has 5 rings (SSSR count). The van der Waals surface area contributed by atoms with E-state index in [2.05, 4.69) is 21.3 Å². The number of hydrogen-bond acceptors (Lipinski definition) is 6. The summed E-state index contributed by atoms with van der Waals surface area (Å²) in [7, 11) is 0. The summed E-state index contributed by atoms with van der Waals surface area (Å²) < 4.78 is 0. The summed E-state index contributed by atoms with van der Waals surface area (Å²) in [6.07, 6.45) is 3.03. The number of para-hydroxylation sites is 2. The second-order valence-corrected chi connectivity index (χ2v) is 17.2. The van der Waals surface area contributed by atoms with Crippen molar-refractivity contribution in [3.63, 3.8) is 0 Å². The van der Waals surface area contributed by atoms with Crippen molar-refractivity contribution < 1.29 is 41.4 Å². The maximum Gasteiger partial charge on any atom is 2.00 e. The van der Waals surface area contributed by atoms with Gasteiger partial charge in [0, 0.05) is 36.1 Å². The van der Waals surface area contributed by atoms with Crippen LogP contribution in [0.25, 0.3) is 10.6 Å². The maximum atomic E-state index is 13.2. The number of phenolic OH excluding ortho intramolecular Hbond substituents is 2. The summed E-state index contributed by atoms with van der Waals surface area (Å²) in [5.41, 5.74) is 3.94. The molecule has 6 N–H and O–H groups in total. The minimum atomic E-state index is -0.309. The van der Waals surface area contributed by atoms with Gasteiger partial charge in [-0.05, 0) is 45.9 Å². The second kappa shape index (κ2) is 18.5. The first-order valence-corrected chi connectivity index (χ1v) is 19.5. The smallest absolute Gasteiger partial charge is 0.682 e. The number of thioether (sulfide) groups is 1. The van der Waals surface area contributed by atoms with Gasteiger partial charge in [-0.25, -0.2) is 4.79 Å². The van der Waals surface area contributed by atoms with Gasteiger partial charge in [0.1, 0.15) is 11.5 Å². The van der Waals surface area contributed by atoms with E-state index in [1.807, 2.05) is 89.7 Å². The summed E-state index contributed by atoms with van der Waals surface area (Å²) in [5, 5.41) is 43.8. The van der Waals surface area contributed by atoms with Crippen LogP contribution in [0.4, 0.5) is 16.2 Å². The van der Waals surface area contributed by atoms with Gasteiger partial charge in [0.25, 0.3) is 5.91 Å². The van der Waals surface area contributed by atoms with Crippen molar-refractivity contribution in [1.29, 1.82) is 0 Å². The van der Waals surface area contributed by atoms with Crippen LogP contribution in [-0.2, 0) is 45.5 Å². The summed E-state index contributed by atoms with van der Waals surface area (Å²) in [6.45, 7) is 13.2. The molecule has 0 saturated carbocycles. The Hall–Kier alpha value is -4.07. The molecule has 54 heavy (non-hydrogen) atoms. The van der Waals surface area contributed by atoms with Gasteiger partial charge in [0.05, 0.1) is 12.1 Å². The van der Waals surface area contributed by atoms with E-state index < -0.39 is 0 Å². The van der Waals surface area contributed by atoms with Gasteiger partial charge in [-0.15, -0.1) is 13.1 Å². The minimum absolute atomic E-state index is 0. The first-order valence-electron chi connectivity index (χ1n) is 18.5. The number of benzene rings is 3. The second-order valence-electron chi connectivity index (χ2n) is 15.9. The minimum Gasteiger partial charge on any atom is -0.682 e. The first-order chi connectivity index (χ1) is 25.1. The molecule has 0 aromatic heterocycles. The average molecular weight is 802 g/mol. The molecular weight excluding hydrogens is 747 g/mol. The number of carbonyl (C=O) groups is 3. The molecule has 11 nitrogen and oxygen atoms in total. The van der Waals surface area contributed by atoms with Crippen molar-refractivity contribution >= 4 is 41.0 Å². The molecule has 13 heteroatoms. The largest absolute Gasteiger partial charge is 2.00 e. The Kier molecular flexibility index (Phi) is 14.6. The van der Waals surface area contributed by atoms with Crippen molar-refractivity contribution in [2.24, 2.45) is 0 Å². The Morgan fingerprint density at radius 1 is 0.815 bits per heavy atom. The number of rotatable bonds is 15. The SMILES string of the molecule is CC(C)(C)c1cccc(C[N-]c2ccc(C(=O)NCCNC(=O)CCCC[C@@H]3SC[C@@H]4NC(=O)N[C@@H]43)cc2[N-]Cc2cccc(C(C)(C)C)c2O)c1O.[Co+2]. The molecule has 1 radical (unpaired) electrons. The van der Waals surface area contributed by atoms with Crippen molar-refractivity contribution in [3.8, 4) is 11.5 Å². The third kappa shape index (κ3) is 11.0. The number of hydrogen-bond donors (Lipinski definition) is 6.